The molecule has 1 aliphatic rings. The van der Waals surface area contributed by atoms with Gasteiger partial charge in [0.05, 0.1) is 0 Å². The molecule has 1 N–H and O–H groups in total. The van der Waals surface area contributed by atoms with Crippen molar-refractivity contribution in [1.29, 1.82) is 0 Å². The molecule has 0 aliphatic carbocycles. The number of hydrogen-bond acceptors (Lipinski definition) is 2. The Hall–Kier alpha value is -0.340. The molecule has 1 aliphatic heterocycles. The van der Waals surface area contributed by atoms with Gasteiger partial charge in [0.1, 0.15) is 0 Å². The zero-order valence-electron chi connectivity index (χ0n) is 13.9. The Morgan fingerprint density at radius 2 is 1.95 bits per heavy atom. The van der Waals surface area contributed by atoms with Gasteiger partial charge >= 0.3 is 0 Å². The summed E-state index contributed by atoms with van der Waals surface area (Å²) in [6.07, 6.45) is 6.30. The first-order chi connectivity index (χ1) is 8.80. The molecule has 0 amide bonds. The lowest BCUT2D eigenvalue weighted by molar-refractivity contribution is 0.204. The Bertz CT molecular complexity index is 286. The Morgan fingerprint density at radius 1 is 1.26 bits per heavy atom. The predicted molar refractivity (Wildman–Crippen MR) is 85.6 cm³/mol. The van der Waals surface area contributed by atoms with Gasteiger partial charge in [-0.2, -0.15) is 0 Å². The second-order valence-corrected chi connectivity index (χ2v) is 7.32. The van der Waals surface area contributed by atoms with E-state index in [0.29, 0.717) is 17.5 Å². The Balaban J connectivity index is 2.29. The van der Waals surface area contributed by atoms with Crippen LogP contribution in [0.1, 0.15) is 60.8 Å². The quantitative estimate of drug-likeness (QED) is 0.580. The van der Waals surface area contributed by atoms with Crippen LogP contribution in [0.2, 0.25) is 0 Å². The monoisotopic (exact) mass is 266 g/mol. The van der Waals surface area contributed by atoms with Crippen molar-refractivity contribution in [3.05, 3.63) is 11.6 Å². The van der Waals surface area contributed by atoms with E-state index < -0.39 is 0 Å². The maximum Gasteiger partial charge on any atom is 0.0168 e. The number of nitrogens with zero attached hydrogens (tertiary/aromatic N) is 1. The van der Waals surface area contributed by atoms with Crippen LogP contribution in [-0.2, 0) is 0 Å². The van der Waals surface area contributed by atoms with Gasteiger partial charge < -0.3 is 5.32 Å². The highest BCUT2D eigenvalue weighted by molar-refractivity contribution is 5.14. The topological polar surface area (TPSA) is 15.3 Å². The van der Waals surface area contributed by atoms with Gasteiger partial charge in [-0.15, -0.1) is 0 Å². The fraction of sp³-hybridized carbons (Fsp3) is 0.882. The maximum atomic E-state index is 3.50. The Morgan fingerprint density at radius 3 is 2.42 bits per heavy atom. The third-order valence-electron chi connectivity index (χ3n) is 4.18. The van der Waals surface area contributed by atoms with Crippen molar-refractivity contribution < 1.29 is 0 Å². The van der Waals surface area contributed by atoms with Gasteiger partial charge in [-0.1, -0.05) is 46.3 Å². The zero-order valence-corrected chi connectivity index (χ0v) is 13.9. The number of hydrogen-bond donors (Lipinski definition) is 1. The molecule has 0 radical (unpaired) electrons. The normalized spacial score (nSPS) is 19.6. The highest BCUT2D eigenvalue weighted by Gasteiger charge is 2.23. The van der Waals surface area contributed by atoms with E-state index in [-0.39, 0.29) is 0 Å². The maximum absolute atomic E-state index is 3.50. The minimum absolute atomic E-state index is 0.358. The van der Waals surface area contributed by atoms with Crippen LogP contribution in [0.4, 0.5) is 0 Å². The average Bonchev–Trinajstić information content (AvgIpc) is 2.33. The summed E-state index contributed by atoms with van der Waals surface area (Å²) in [5.74, 6) is 0. The van der Waals surface area contributed by atoms with Crippen molar-refractivity contribution in [3.8, 4) is 0 Å². The van der Waals surface area contributed by atoms with Gasteiger partial charge in [-0.05, 0) is 38.1 Å². The Labute approximate surface area is 120 Å². The summed E-state index contributed by atoms with van der Waals surface area (Å²) in [5, 5.41) is 3.50. The van der Waals surface area contributed by atoms with Crippen molar-refractivity contribution in [3.63, 3.8) is 0 Å². The molecule has 1 heterocycles. The molecule has 2 nitrogen and oxygen atoms in total. The number of nitrogens with one attached hydrogen (secondary N) is 1. The van der Waals surface area contributed by atoms with E-state index in [1.165, 1.54) is 25.8 Å². The van der Waals surface area contributed by atoms with E-state index in [1.807, 2.05) is 0 Å². The molecule has 1 atom stereocenters. The van der Waals surface area contributed by atoms with Gasteiger partial charge in [0.2, 0.25) is 0 Å². The lowest BCUT2D eigenvalue weighted by atomic mass is 9.82. The lowest BCUT2D eigenvalue weighted by Gasteiger charge is -2.35. The third kappa shape index (κ3) is 6.09. The molecule has 1 unspecified atom stereocenters. The summed E-state index contributed by atoms with van der Waals surface area (Å²) in [6, 6.07) is 1.33. The highest BCUT2D eigenvalue weighted by atomic mass is 15.1. The smallest absolute Gasteiger partial charge is 0.0168 e. The molecule has 19 heavy (non-hydrogen) atoms. The molecule has 0 aromatic heterocycles. The van der Waals surface area contributed by atoms with Crippen LogP contribution in [0.5, 0.6) is 0 Å². The zero-order chi connectivity index (χ0) is 14.5. The molecule has 2 heteroatoms. The summed E-state index contributed by atoms with van der Waals surface area (Å²) >= 11 is 0. The van der Waals surface area contributed by atoms with Crippen LogP contribution in [0, 0.1) is 5.41 Å². The van der Waals surface area contributed by atoms with E-state index in [4.69, 9.17) is 0 Å². The molecule has 0 bridgehead atoms. The first-order valence-electron chi connectivity index (χ1n) is 7.97. The summed E-state index contributed by atoms with van der Waals surface area (Å²) < 4.78 is 0. The van der Waals surface area contributed by atoms with Crippen molar-refractivity contribution in [2.24, 2.45) is 5.41 Å². The van der Waals surface area contributed by atoms with E-state index in [1.54, 1.807) is 5.57 Å². The van der Waals surface area contributed by atoms with Gasteiger partial charge in [-0.25, -0.2) is 0 Å². The van der Waals surface area contributed by atoms with E-state index in [0.717, 1.165) is 13.1 Å². The second kappa shape index (κ2) is 7.44. The van der Waals surface area contributed by atoms with E-state index in [9.17, 15) is 0 Å². The standard InChI is InChI=1S/C17H34N2/c1-14(2)18-11-7-8-15(3)19-12-9-16(10-13-19)17(4,5)6/h9,14-15,18H,7-8,10-13H2,1-6H3. The minimum Gasteiger partial charge on any atom is -0.315 e. The lowest BCUT2D eigenvalue weighted by Crippen LogP contribution is -2.38. The van der Waals surface area contributed by atoms with Crippen LogP contribution in [0.25, 0.3) is 0 Å². The molecule has 0 saturated carbocycles. The van der Waals surface area contributed by atoms with E-state index in [2.05, 4.69) is 57.8 Å². The first-order valence-corrected chi connectivity index (χ1v) is 7.97. The summed E-state index contributed by atoms with van der Waals surface area (Å²) in [7, 11) is 0. The van der Waals surface area contributed by atoms with Gasteiger partial charge in [0.25, 0.3) is 0 Å². The molecule has 0 saturated heterocycles. The van der Waals surface area contributed by atoms with Crippen LogP contribution in [0.15, 0.2) is 11.6 Å². The van der Waals surface area contributed by atoms with Crippen molar-refractivity contribution >= 4 is 0 Å². The molecule has 1 rings (SSSR count). The summed E-state index contributed by atoms with van der Waals surface area (Å²) in [5.41, 5.74) is 1.99. The van der Waals surface area contributed by atoms with Gasteiger partial charge in [-0.3, -0.25) is 4.90 Å². The molecular formula is C17H34N2. The molecule has 0 fully saturated rings. The van der Waals surface area contributed by atoms with Crippen molar-refractivity contribution in [2.75, 3.05) is 19.6 Å². The molecule has 112 valence electrons. The predicted octanol–water partition coefficient (Wildman–Crippen LogP) is 3.83. The third-order valence-corrected chi connectivity index (χ3v) is 4.18. The van der Waals surface area contributed by atoms with E-state index >= 15 is 0 Å². The fourth-order valence-electron chi connectivity index (χ4n) is 2.74. The van der Waals surface area contributed by atoms with Crippen molar-refractivity contribution in [2.45, 2.75) is 72.9 Å². The first kappa shape index (κ1) is 16.7. The average molecular weight is 266 g/mol. The number of rotatable bonds is 6. The second-order valence-electron chi connectivity index (χ2n) is 7.32. The van der Waals surface area contributed by atoms with Gasteiger partial charge in [0.15, 0.2) is 0 Å². The van der Waals surface area contributed by atoms with Crippen LogP contribution >= 0.6 is 0 Å². The summed E-state index contributed by atoms with van der Waals surface area (Å²) in [6.45, 7) is 17.3. The van der Waals surface area contributed by atoms with Crippen LogP contribution in [-0.4, -0.2) is 36.6 Å². The molecule has 0 aromatic rings. The molecular weight excluding hydrogens is 232 g/mol. The molecule has 0 aromatic carbocycles. The van der Waals surface area contributed by atoms with Crippen LogP contribution in [0.3, 0.4) is 0 Å². The Kier molecular flexibility index (Phi) is 6.55. The fourth-order valence-corrected chi connectivity index (χ4v) is 2.74. The highest BCUT2D eigenvalue weighted by Crippen LogP contribution is 2.30. The largest absolute Gasteiger partial charge is 0.315 e. The molecule has 0 spiro atoms. The SMILES string of the molecule is CC(C)NCCCC(C)N1CC=C(C(C)(C)C)CC1. The minimum atomic E-state index is 0.358. The van der Waals surface area contributed by atoms with Gasteiger partial charge in [0, 0.05) is 25.2 Å². The van der Waals surface area contributed by atoms with Crippen molar-refractivity contribution in [1.82, 2.24) is 10.2 Å². The van der Waals surface area contributed by atoms with Crippen LogP contribution < -0.4 is 5.32 Å². The summed E-state index contributed by atoms with van der Waals surface area (Å²) in [4.78, 5) is 2.63.